The summed E-state index contributed by atoms with van der Waals surface area (Å²) in [6.45, 7) is 0.684. The van der Waals surface area contributed by atoms with Crippen LogP contribution >= 0.6 is 0 Å². The Labute approximate surface area is 122 Å². The molecule has 3 heterocycles. The maximum atomic E-state index is 12.5. The molecule has 0 unspecified atom stereocenters. The van der Waals surface area contributed by atoms with E-state index in [9.17, 15) is 4.79 Å². The number of Topliss-reactive ketones (excluding diaryl/α,β-unsaturated/α-hetero) is 1. The number of aromatic nitrogens is 2. The van der Waals surface area contributed by atoms with Gasteiger partial charge in [0.25, 0.3) is 0 Å². The minimum Gasteiger partial charge on any atom is -0.372 e. The molecule has 0 N–H and O–H groups in total. The standard InChI is InChI=1S/C17H14N2O2/c20-17-15(9-13-1-5-18-6-2-13)11-21-12-16(17)10-14-3-7-19-8-4-14/h1-10H,11-12H2/b15-9+,16-10+. The number of carbonyl (C=O) groups excluding carboxylic acids is 1. The summed E-state index contributed by atoms with van der Waals surface area (Å²) < 4.78 is 5.52. The average Bonchev–Trinajstić information content (AvgIpc) is 2.53. The van der Waals surface area contributed by atoms with Crippen LogP contribution in [0.2, 0.25) is 0 Å². The molecule has 0 aliphatic carbocycles. The van der Waals surface area contributed by atoms with Gasteiger partial charge in [-0.15, -0.1) is 0 Å². The molecule has 0 radical (unpaired) electrons. The third-order valence-corrected chi connectivity index (χ3v) is 3.19. The van der Waals surface area contributed by atoms with E-state index in [-0.39, 0.29) is 5.78 Å². The highest BCUT2D eigenvalue weighted by Crippen LogP contribution is 2.19. The van der Waals surface area contributed by atoms with E-state index in [0.29, 0.717) is 24.4 Å². The first-order valence-electron chi connectivity index (χ1n) is 6.66. The molecule has 104 valence electrons. The summed E-state index contributed by atoms with van der Waals surface area (Å²) in [6.07, 6.45) is 10.5. The van der Waals surface area contributed by atoms with E-state index in [0.717, 1.165) is 11.1 Å². The van der Waals surface area contributed by atoms with E-state index >= 15 is 0 Å². The fourth-order valence-corrected chi connectivity index (χ4v) is 2.14. The zero-order chi connectivity index (χ0) is 14.5. The number of carbonyl (C=O) groups is 1. The van der Waals surface area contributed by atoms with Crippen LogP contribution in [0, 0.1) is 0 Å². The SMILES string of the molecule is O=C1/C(=C/c2ccncc2)COC/C1=C\c1ccncc1. The van der Waals surface area contributed by atoms with E-state index in [1.807, 2.05) is 36.4 Å². The number of pyridine rings is 2. The molecule has 1 saturated heterocycles. The Morgan fingerprint density at radius 2 is 1.24 bits per heavy atom. The molecule has 0 atom stereocenters. The highest BCUT2D eigenvalue weighted by molar-refractivity contribution is 6.14. The topological polar surface area (TPSA) is 52.1 Å². The Morgan fingerprint density at radius 3 is 1.67 bits per heavy atom. The van der Waals surface area contributed by atoms with Gasteiger partial charge in [-0.3, -0.25) is 14.8 Å². The lowest BCUT2D eigenvalue weighted by Gasteiger charge is -2.17. The van der Waals surface area contributed by atoms with Crippen molar-refractivity contribution in [3.8, 4) is 0 Å². The molecule has 4 nitrogen and oxygen atoms in total. The molecule has 0 aromatic carbocycles. The molecule has 0 bridgehead atoms. The molecular formula is C17H14N2O2. The van der Waals surface area contributed by atoms with E-state index in [4.69, 9.17) is 4.74 Å². The predicted molar refractivity (Wildman–Crippen MR) is 80.3 cm³/mol. The van der Waals surface area contributed by atoms with Gasteiger partial charge in [-0.05, 0) is 47.5 Å². The van der Waals surface area contributed by atoms with E-state index in [1.54, 1.807) is 24.8 Å². The second kappa shape index (κ2) is 6.24. The Hall–Kier alpha value is -2.59. The van der Waals surface area contributed by atoms with Crippen molar-refractivity contribution >= 4 is 17.9 Å². The van der Waals surface area contributed by atoms with Crippen LogP contribution in [0.3, 0.4) is 0 Å². The van der Waals surface area contributed by atoms with E-state index in [1.165, 1.54) is 0 Å². The minimum atomic E-state index is 0.0369. The maximum absolute atomic E-state index is 12.5. The van der Waals surface area contributed by atoms with Gasteiger partial charge in [-0.25, -0.2) is 0 Å². The van der Waals surface area contributed by atoms with Gasteiger partial charge in [0.2, 0.25) is 0 Å². The first-order valence-corrected chi connectivity index (χ1v) is 6.66. The summed E-state index contributed by atoms with van der Waals surface area (Å²) in [5.74, 6) is 0.0369. The summed E-state index contributed by atoms with van der Waals surface area (Å²) in [5, 5.41) is 0. The Balaban J connectivity index is 1.88. The summed E-state index contributed by atoms with van der Waals surface area (Å²) in [6, 6.07) is 7.45. The Morgan fingerprint density at radius 1 is 0.810 bits per heavy atom. The molecule has 2 aromatic heterocycles. The molecule has 1 aliphatic rings. The van der Waals surface area contributed by atoms with E-state index in [2.05, 4.69) is 9.97 Å². The van der Waals surface area contributed by atoms with Gasteiger partial charge < -0.3 is 4.74 Å². The first kappa shape index (κ1) is 13.4. The number of ether oxygens (including phenoxy) is 1. The van der Waals surface area contributed by atoms with Crippen molar-refractivity contribution in [1.82, 2.24) is 9.97 Å². The van der Waals surface area contributed by atoms with Gasteiger partial charge in [0.05, 0.1) is 13.2 Å². The molecule has 0 saturated carbocycles. The van der Waals surface area contributed by atoms with Gasteiger partial charge >= 0.3 is 0 Å². The van der Waals surface area contributed by atoms with Crippen LogP contribution < -0.4 is 0 Å². The fraction of sp³-hybridized carbons (Fsp3) is 0.118. The molecule has 4 heteroatoms. The first-order chi connectivity index (χ1) is 10.3. The largest absolute Gasteiger partial charge is 0.372 e. The van der Waals surface area contributed by atoms with Crippen molar-refractivity contribution < 1.29 is 9.53 Å². The molecule has 3 rings (SSSR count). The molecular weight excluding hydrogens is 264 g/mol. The molecule has 1 aliphatic heterocycles. The summed E-state index contributed by atoms with van der Waals surface area (Å²) >= 11 is 0. The monoisotopic (exact) mass is 278 g/mol. The van der Waals surface area contributed by atoms with Crippen molar-refractivity contribution in [2.75, 3.05) is 13.2 Å². The van der Waals surface area contributed by atoms with Gasteiger partial charge in [-0.2, -0.15) is 0 Å². The van der Waals surface area contributed by atoms with E-state index < -0.39 is 0 Å². The van der Waals surface area contributed by atoms with Crippen LogP contribution in [0.15, 0.2) is 60.2 Å². The van der Waals surface area contributed by atoms with Crippen molar-refractivity contribution in [1.29, 1.82) is 0 Å². The second-order valence-electron chi connectivity index (χ2n) is 4.72. The van der Waals surface area contributed by atoms with Gasteiger partial charge in [0.15, 0.2) is 5.78 Å². The van der Waals surface area contributed by atoms with Crippen molar-refractivity contribution in [2.45, 2.75) is 0 Å². The quantitative estimate of drug-likeness (QED) is 0.792. The van der Waals surface area contributed by atoms with Crippen molar-refractivity contribution in [3.05, 3.63) is 71.3 Å². The van der Waals surface area contributed by atoms with Gasteiger partial charge in [0.1, 0.15) is 0 Å². The third-order valence-electron chi connectivity index (χ3n) is 3.19. The number of hydrogen-bond donors (Lipinski definition) is 0. The molecule has 21 heavy (non-hydrogen) atoms. The summed E-state index contributed by atoms with van der Waals surface area (Å²) in [7, 11) is 0. The lowest BCUT2D eigenvalue weighted by atomic mass is 9.98. The fourth-order valence-electron chi connectivity index (χ4n) is 2.14. The highest BCUT2D eigenvalue weighted by atomic mass is 16.5. The zero-order valence-electron chi connectivity index (χ0n) is 11.4. The van der Waals surface area contributed by atoms with Crippen LogP contribution in [-0.2, 0) is 9.53 Å². The predicted octanol–water partition coefficient (Wildman–Crippen LogP) is 2.54. The molecule has 0 amide bonds. The highest BCUT2D eigenvalue weighted by Gasteiger charge is 2.21. The minimum absolute atomic E-state index is 0.0369. The van der Waals surface area contributed by atoms with Crippen molar-refractivity contribution in [2.24, 2.45) is 0 Å². The van der Waals surface area contributed by atoms with Crippen LogP contribution in [0.1, 0.15) is 11.1 Å². The summed E-state index contributed by atoms with van der Waals surface area (Å²) in [4.78, 5) is 20.4. The Kier molecular flexibility index (Phi) is 3.98. The van der Waals surface area contributed by atoms with Crippen LogP contribution in [0.25, 0.3) is 12.2 Å². The lowest BCUT2D eigenvalue weighted by Crippen LogP contribution is -2.21. The third kappa shape index (κ3) is 3.30. The number of nitrogens with zero attached hydrogens (tertiary/aromatic N) is 2. The molecule has 0 spiro atoms. The molecule has 2 aromatic rings. The van der Waals surface area contributed by atoms with Crippen LogP contribution in [-0.4, -0.2) is 29.0 Å². The molecule has 1 fully saturated rings. The Bertz CT molecular complexity index is 632. The van der Waals surface area contributed by atoms with Crippen LogP contribution in [0.5, 0.6) is 0 Å². The normalized spacial score (nSPS) is 19.1. The zero-order valence-corrected chi connectivity index (χ0v) is 11.4. The smallest absolute Gasteiger partial charge is 0.189 e. The van der Waals surface area contributed by atoms with Gasteiger partial charge in [0, 0.05) is 35.9 Å². The summed E-state index contributed by atoms with van der Waals surface area (Å²) in [5.41, 5.74) is 3.21. The maximum Gasteiger partial charge on any atom is 0.189 e. The number of ketones is 1. The van der Waals surface area contributed by atoms with Gasteiger partial charge in [-0.1, -0.05) is 0 Å². The van der Waals surface area contributed by atoms with Crippen LogP contribution in [0.4, 0.5) is 0 Å². The number of hydrogen-bond acceptors (Lipinski definition) is 4. The average molecular weight is 278 g/mol. The van der Waals surface area contributed by atoms with Crippen molar-refractivity contribution in [3.63, 3.8) is 0 Å². The lowest BCUT2D eigenvalue weighted by molar-refractivity contribution is -0.114. The second-order valence-corrected chi connectivity index (χ2v) is 4.72. The number of rotatable bonds is 2.